The number of amides is 3. The zero-order valence-corrected chi connectivity index (χ0v) is 13.1. The van der Waals surface area contributed by atoms with Crippen LogP contribution in [0.1, 0.15) is 33.6 Å². The van der Waals surface area contributed by atoms with Crippen molar-refractivity contribution in [1.29, 1.82) is 0 Å². The van der Waals surface area contributed by atoms with Crippen molar-refractivity contribution in [3.8, 4) is 0 Å². The molecule has 0 bridgehead atoms. The average Bonchev–Trinajstić information content (AvgIpc) is 2.80. The molecular weight excluding hydrogens is 274 g/mol. The smallest absolute Gasteiger partial charge is 0.317 e. The third-order valence-electron chi connectivity index (χ3n) is 4.04. The van der Waals surface area contributed by atoms with Crippen molar-refractivity contribution < 1.29 is 19.5 Å². The fourth-order valence-electron chi connectivity index (χ4n) is 2.51. The van der Waals surface area contributed by atoms with E-state index in [4.69, 9.17) is 5.11 Å². The van der Waals surface area contributed by atoms with E-state index in [9.17, 15) is 14.4 Å². The quantitative estimate of drug-likeness (QED) is 0.694. The SMILES string of the molecule is CNC(=O)C1(C)CCN(C(=O)NC(CC(=O)O)C(C)C)C1. The van der Waals surface area contributed by atoms with Crippen LogP contribution in [0, 0.1) is 11.3 Å². The molecule has 3 amide bonds. The van der Waals surface area contributed by atoms with E-state index >= 15 is 0 Å². The molecule has 0 radical (unpaired) electrons. The van der Waals surface area contributed by atoms with E-state index in [1.807, 2.05) is 20.8 Å². The summed E-state index contributed by atoms with van der Waals surface area (Å²) in [6, 6.07) is -0.718. The Labute approximate surface area is 125 Å². The van der Waals surface area contributed by atoms with Crippen LogP contribution in [-0.4, -0.2) is 54.1 Å². The van der Waals surface area contributed by atoms with Crippen LogP contribution in [0.4, 0.5) is 4.79 Å². The molecule has 7 nitrogen and oxygen atoms in total. The normalized spacial score (nSPS) is 23.0. The Morgan fingerprint density at radius 1 is 1.33 bits per heavy atom. The van der Waals surface area contributed by atoms with Crippen LogP contribution in [0.3, 0.4) is 0 Å². The van der Waals surface area contributed by atoms with Crippen molar-refractivity contribution in [2.45, 2.75) is 39.7 Å². The van der Waals surface area contributed by atoms with E-state index in [2.05, 4.69) is 10.6 Å². The summed E-state index contributed by atoms with van der Waals surface area (Å²) in [4.78, 5) is 36.5. The lowest BCUT2D eigenvalue weighted by Crippen LogP contribution is -2.48. The number of hydrogen-bond acceptors (Lipinski definition) is 3. The molecule has 0 aromatic heterocycles. The number of aliphatic carboxylic acids is 1. The summed E-state index contributed by atoms with van der Waals surface area (Å²) in [7, 11) is 1.58. The molecule has 7 heteroatoms. The van der Waals surface area contributed by atoms with E-state index in [0.717, 1.165) is 0 Å². The second-order valence-corrected chi connectivity index (χ2v) is 6.21. The molecule has 2 atom stereocenters. The van der Waals surface area contributed by atoms with E-state index < -0.39 is 17.4 Å². The van der Waals surface area contributed by atoms with Gasteiger partial charge >= 0.3 is 12.0 Å². The highest BCUT2D eigenvalue weighted by atomic mass is 16.4. The van der Waals surface area contributed by atoms with Gasteiger partial charge in [0.2, 0.25) is 5.91 Å². The van der Waals surface area contributed by atoms with Crippen molar-refractivity contribution >= 4 is 17.9 Å². The van der Waals surface area contributed by atoms with Crippen molar-refractivity contribution in [2.75, 3.05) is 20.1 Å². The zero-order valence-electron chi connectivity index (χ0n) is 13.1. The minimum atomic E-state index is -0.939. The molecule has 0 aromatic carbocycles. The summed E-state index contributed by atoms with van der Waals surface area (Å²) >= 11 is 0. The number of carbonyl (C=O) groups is 3. The summed E-state index contributed by atoms with van der Waals surface area (Å²) in [5.41, 5.74) is -0.577. The van der Waals surface area contributed by atoms with Crippen LogP contribution in [0.5, 0.6) is 0 Å². The second-order valence-electron chi connectivity index (χ2n) is 6.21. The van der Waals surface area contributed by atoms with Crippen LogP contribution in [0.25, 0.3) is 0 Å². The number of carboxylic acid groups (broad SMARTS) is 1. The van der Waals surface area contributed by atoms with Gasteiger partial charge in [-0.25, -0.2) is 4.79 Å². The van der Waals surface area contributed by atoms with Crippen LogP contribution >= 0.6 is 0 Å². The maximum atomic E-state index is 12.2. The highest BCUT2D eigenvalue weighted by Crippen LogP contribution is 2.30. The minimum absolute atomic E-state index is 0.0259. The van der Waals surface area contributed by atoms with Gasteiger partial charge in [-0.05, 0) is 19.3 Å². The second kappa shape index (κ2) is 6.78. The molecule has 1 aliphatic rings. The summed E-state index contributed by atoms with van der Waals surface area (Å²) in [5, 5.41) is 14.3. The molecule has 1 heterocycles. The van der Waals surface area contributed by atoms with Crippen LogP contribution < -0.4 is 10.6 Å². The topological polar surface area (TPSA) is 98.7 Å². The summed E-state index contributed by atoms with van der Waals surface area (Å²) in [6.07, 6.45) is 0.495. The predicted octanol–water partition coefficient (Wildman–Crippen LogP) is 0.653. The summed E-state index contributed by atoms with van der Waals surface area (Å²) < 4.78 is 0. The lowest BCUT2D eigenvalue weighted by atomic mass is 9.89. The number of hydrogen-bond donors (Lipinski definition) is 3. The summed E-state index contributed by atoms with van der Waals surface area (Å²) in [5.74, 6) is -0.993. The molecular formula is C14H25N3O4. The number of carboxylic acids is 1. The highest BCUT2D eigenvalue weighted by molar-refractivity contribution is 5.84. The summed E-state index contributed by atoms with van der Waals surface area (Å²) in [6.45, 7) is 6.40. The van der Waals surface area contributed by atoms with E-state index in [-0.39, 0.29) is 24.3 Å². The van der Waals surface area contributed by atoms with Crippen molar-refractivity contribution in [2.24, 2.45) is 11.3 Å². The van der Waals surface area contributed by atoms with Gasteiger partial charge in [-0.2, -0.15) is 0 Å². The molecule has 0 aromatic rings. The molecule has 0 aliphatic carbocycles. The molecule has 0 spiro atoms. The molecule has 2 unspecified atom stereocenters. The van der Waals surface area contributed by atoms with Crippen molar-refractivity contribution in [3.05, 3.63) is 0 Å². The average molecular weight is 299 g/mol. The van der Waals surface area contributed by atoms with Gasteiger partial charge in [0.05, 0.1) is 11.8 Å². The highest BCUT2D eigenvalue weighted by Gasteiger charge is 2.41. The monoisotopic (exact) mass is 299 g/mol. The maximum absolute atomic E-state index is 12.2. The van der Waals surface area contributed by atoms with E-state index in [1.54, 1.807) is 11.9 Å². The van der Waals surface area contributed by atoms with Gasteiger partial charge in [-0.15, -0.1) is 0 Å². The number of rotatable bonds is 5. The number of urea groups is 1. The van der Waals surface area contributed by atoms with E-state index in [1.165, 1.54) is 0 Å². The Balaban J connectivity index is 2.64. The number of nitrogens with one attached hydrogen (secondary N) is 2. The fourth-order valence-corrected chi connectivity index (χ4v) is 2.51. The van der Waals surface area contributed by atoms with Gasteiger partial charge in [-0.3, -0.25) is 9.59 Å². The van der Waals surface area contributed by atoms with Gasteiger partial charge in [0.15, 0.2) is 0 Å². The van der Waals surface area contributed by atoms with Crippen molar-refractivity contribution in [3.63, 3.8) is 0 Å². The molecule has 1 rings (SSSR count). The van der Waals surface area contributed by atoms with Crippen LogP contribution in [0.2, 0.25) is 0 Å². The molecule has 1 fully saturated rings. The largest absolute Gasteiger partial charge is 0.481 e. The maximum Gasteiger partial charge on any atom is 0.317 e. The van der Waals surface area contributed by atoms with Gasteiger partial charge < -0.3 is 20.6 Å². The molecule has 0 saturated carbocycles. The number of nitrogens with zero attached hydrogens (tertiary/aromatic N) is 1. The zero-order chi connectivity index (χ0) is 16.2. The first-order chi connectivity index (χ1) is 9.69. The molecule has 1 aliphatic heterocycles. The number of likely N-dealkylation sites (tertiary alicyclic amines) is 1. The van der Waals surface area contributed by atoms with E-state index in [0.29, 0.717) is 19.5 Å². The molecule has 120 valence electrons. The van der Waals surface area contributed by atoms with Gasteiger partial charge in [0, 0.05) is 26.2 Å². The standard InChI is InChI=1S/C14H25N3O4/c1-9(2)10(7-11(18)19)16-13(21)17-6-5-14(3,8-17)12(20)15-4/h9-10H,5-8H2,1-4H3,(H,15,20)(H,16,21)(H,18,19). The fraction of sp³-hybridized carbons (Fsp3) is 0.786. The van der Waals surface area contributed by atoms with Gasteiger partial charge in [0.1, 0.15) is 0 Å². The lowest BCUT2D eigenvalue weighted by molar-refractivity contribution is -0.137. The van der Waals surface area contributed by atoms with Crippen LogP contribution in [0.15, 0.2) is 0 Å². The first-order valence-corrected chi connectivity index (χ1v) is 7.19. The molecule has 3 N–H and O–H groups in total. The Hall–Kier alpha value is -1.79. The van der Waals surface area contributed by atoms with Crippen molar-refractivity contribution in [1.82, 2.24) is 15.5 Å². The van der Waals surface area contributed by atoms with Crippen LogP contribution in [-0.2, 0) is 9.59 Å². The minimum Gasteiger partial charge on any atom is -0.481 e. The third kappa shape index (κ3) is 4.34. The van der Waals surface area contributed by atoms with Gasteiger partial charge in [0.25, 0.3) is 0 Å². The number of carbonyl (C=O) groups excluding carboxylic acids is 2. The Bertz CT molecular complexity index is 424. The Kier molecular flexibility index (Phi) is 5.57. The first-order valence-electron chi connectivity index (χ1n) is 7.19. The first kappa shape index (κ1) is 17.3. The Morgan fingerprint density at radius 2 is 1.95 bits per heavy atom. The van der Waals surface area contributed by atoms with Gasteiger partial charge in [-0.1, -0.05) is 13.8 Å². The lowest BCUT2D eigenvalue weighted by Gasteiger charge is -2.26. The molecule has 21 heavy (non-hydrogen) atoms. The third-order valence-corrected chi connectivity index (χ3v) is 4.04. The predicted molar refractivity (Wildman–Crippen MR) is 77.8 cm³/mol. The molecule has 1 saturated heterocycles. The Morgan fingerprint density at radius 3 is 2.43 bits per heavy atom.